The van der Waals surface area contributed by atoms with Crippen molar-refractivity contribution in [2.75, 3.05) is 0 Å². The van der Waals surface area contributed by atoms with Gasteiger partial charge in [-0.25, -0.2) is 5.43 Å². The van der Waals surface area contributed by atoms with E-state index in [4.69, 9.17) is 4.42 Å². The van der Waals surface area contributed by atoms with Gasteiger partial charge in [0.25, 0.3) is 5.91 Å². The van der Waals surface area contributed by atoms with Crippen molar-refractivity contribution in [2.45, 2.75) is 20.3 Å². The van der Waals surface area contributed by atoms with E-state index in [0.29, 0.717) is 17.1 Å². The summed E-state index contributed by atoms with van der Waals surface area (Å²) in [6.07, 6.45) is 0.692. The number of amides is 1. The Bertz CT molecular complexity index is 555. The first-order chi connectivity index (χ1) is 8.70. The molecule has 0 bridgehead atoms. The van der Waals surface area contributed by atoms with Crippen molar-refractivity contribution in [3.63, 3.8) is 0 Å². The Morgan fingerprint density at radius 3 is 2.83 bits per heavy atom. The lowest BCUT2D eigenvalue weighted by atomic mass is 10.2. The van der Waals surface area contributed by atoms with E-state index < -0.39 is 0 Å². The minimum Gasteiger partial charge on any atom is -0.460 e. The average molecular weight is 262 g/mol. The molecule has 4 nitrogen and oxygen atoms in total. The van der Waals surface area contributed by atoms with Gasteiger partial charge in [-0.15, -0.1) is 11.3 Å². The van der Waals surface area contributed by atoms with E-state index in [1.54, 1.807) is 6.07 Å². The number of hydrogen-bond acceptors (Lipinski definition) is 4. The molecule has 2 heterocycles. The summed E-state index contributed by atoms with van der Waals surface area (Å²) >= 11 is 1.39. The Balaban J connectivity index is 2.09. The number of furan rings is 1. The Hall–Kier alpha value is -1.88. The summed E-state index contributed by atoms with van der Waals surface area (Å²) in [5, 5.41) is 5.97. The molecule has 0 atom stereocenters. The Morgan fingerprint density at radius 1 is 1.44 bits per heavy atom. The van der Waals surface area contributed by atoms with Gasteiger partial charge in [-0.1, -0.05) is 13.0 Å². The summed E-state index contributed by atoms with van der Waals surface area (Å²) < 4.78 is 5.48. The third kappa shape index (κ3) is 2.87. The second-order valence-corrected chi connectivity index (χ2v) is 4.69. The molecular formula is C13H14N2O2S. The van der Waals surface area contributed by atoms with Crippen molar-refractivity contribution in [1.82, 2.24) is 5.43 Å². The standard InChI is InChI=1S/C13H14N2O2S/c1-3-10(11-7-6-9(2)17-11)14-15-13(16)12-5-4-8-18-12/h4-8H,3H2,1-2H3,(H,15,16)/b14-10-. The molecule has 0 spiro atoms. The van der Waals surface area contributed by atoms with Crippen LogP contribution in [0.2, 0.25) is 0 Å². The van der Waals surface area contributed by atoms with Gasteiger partial charge in [0.2, 0.25) is 0 Å². The second kappa shape index (κ2) is 5.64. The molecule has 1 amide bonds. The molecule has 1 N–H and O–H groups in total. The van der Waals surface area contributed by atoms with Crippen LogP contribution in [0.4, 0.5) is 0 Å². The van der Waals surface area contributed by atoms with E-state index in [1.165, 1.54) is 11.3 Å². The number of carbonyl (C=O) groups is 1. The molecule has 0 saturated heterocycles. The predicted octanol–water partition coefficient (Wildman–Crippen LogP) is 3.19. The molecule has 0 unspecified atom stereocenters. The highest BCUT2D eigenvalue weighted by Crippen LogP contribution is 2.10. The maximum atomic E-state index is 11.7. The van der Waals surface area contributed by atoms with E-state index in [1.807, 2.05) is 37.4 Å². The maximum absolute atomic E-state index is 11.7. The molecule has 0 saturated carbocycles. The van der Waals surface area contributed by atoms with Crippen LogP contribution in [0.5, 0.6) is 0 Å². The highest BCUT2D eigenvalue weighted by atomic mass is 32.1. The molecule has 2 aromatic heterocycles. The lowest BCUT2D eigenvalue weighted by Crippen LogP contribution is -2.18. The van der Waals surface area contributed by atoms with Crippen molar-refractivity contribution < 1.29 is 9.21 Å². The lowest BCUT2D eigenvalue weighted by Gasteiger charge is -2.01. The quantitative estimate of drug-likeness (QED) is 0.679. The number of aryl methyl sites for hydroxylation is 1. The molecule has 0 aliphatic rings. The van der Waals surface area contributed by atoms with Gasteiger partial charge in [0.15, 0.2) is 0 Å². The zero-order valence-electron chi connectivity index (χ0n) is 10.3. The number of carbonyl (C=O) groups excluding carboxylic acids is 1. The normalized spacial score (nSPS) is 11.6. The summed E-state index contributed by atoms with van der Waals surface area (Å²) in [6, 6.07) is 7.33. The van der Waals surface area contributed by atoms with Crippen LogP contribution in [0.15, 0.2) is 39.2 Å². The molecule has 94 valence electrons. The Labute approximate surface area is 109 Å². The molecule has 0 fully saturated rings. The van der Waals surface area contributed by atoms with Gasteiger partial charge < -0.3 is 4.42 Å². The SMILES string of the molecule is CC/C(=N/NC(=O)c1cccs1)c1ccc(C)o1. The summed E-state index contributed by atoms with van der Waals surface area (Å²) in [4.78, 5) is 12.4. The molecule has 18 heavy (non-hydrogen) atoms. The molecule has 2 rings (SSSR count). The van der Waals surface area contributed by atoms with Crippen LogP contribution in [-0.4, -0.2) is 11.6 Å². The first-order valence-electron chi connectivity index (χ1n) is 5.68. The fraction of sp³-hybridized carbons (Fsp3) is 0.231. The molecule has 5 heteroatoms. The van der Waals surface area contributed by atoms with Gasteiger partial charge in [0.05, 0.1) is 4.88 Å². The smallest absolute Gasteiger partial charge is 0.281 e. The van der Waals surface area contributed by atoms with Gasteiger partial charge in [-0.3, -0.25) is 4.79 Å². The topological polar surface area (TPSA) is 54.6 Å². The zero-order valence-corrected chi connectivity index (χ0v) is 11.1. The predicted molar refractivity (Wildman–Crippen MR) is 72.1 cm³/mol. The van der Waals surface area contributed by atoms with E-state index in [2.05, 4.69) is 10.5 Å². The van der Waals surface area contributed by atoms with Gasteiger partial charge in [-0.2, -0.15) is 5.10 Å². The Kier molecular flexibility index (Phi) is 3.94. The van der Waals surface area contributed by atoms with Gasteiger partial charge in [0, 0.05) is 0 Å². The highest BCUT2D eigenvalue weighted by molar-refractivity contribution is 7.12. The summed E-state index contributed by atoms with van der Waals surface area (Å²) in [6.45, 7) is 3.84. The van der Waals surface area contributed by atoms with Crippen LogP contribution >= 0.6 is 11.3 Å². The number of nitrogens with zero attached hydrogens (tertiary/aromatic N) is 1. The van der Waals surface area contributed by atoms with Crippen molar-refractivity contribution in [2.24, 2.45) is 5.10 Å². The van der Waals surface area contributed by atoms with Crippen LogP contribution in [0.1, 0.15) is 34.5 Å². The first-order valence-corrected chi connectivity index (χ1v) is 6.56. The van der Waals surface area contributed by atoms with E-state index >= 15 is 0 Å². The third-order valence-electron chi connectivity index (χ3n) is 2.40. The van der Waals surface area contributed by atoms with Crippen LogP contribution in [-0.2, 0) is 0 Å². The van der Waals surface area contributed by atoms with Crippen molar-refractivity contribution in [1.29, 1.82) is 0 Å². The summed E-state index contributed by atoms with van der Waals surface area (Å²) in [5.74, 6) is 1.33. The summed E-state index contributed by atoms with van der Waals surface area (Å²) in [7, 11) is 0. The van der Waals surface area contributed by atoms with Gasteiger partial charge in [-0.05, 0) is 36.9 Å². The molecule has 0 radical (unpaired) electrons. The Morgan fingerprint density at radius 2 is 2.28 bits per heavy atom. The van der Waals surface area contributed by atoms with Gasteiger partial charge >= 0.3 is 0 Å². The summed E-state index contributed by atoms with van der Waals surface area (Å²) in [5.41, 5.74) is 3.27. The van der Waals surface area contributed by atoms with Crippen molar-refractivity contribution in [3.8, 4) is 0 Å². The number of hydrazone groups is 1. The fourth-order valence-corrected chi connectivity index (χ4v) is 2.09. The zero-order chi connectivity index (χ0) is 13.0. The van der Waals surface area contributed by atoms with Crippen LogP contribution in [0.25, 0.3) is 0 Å². The third-order valence-corrected chi connectivity index (χ3v) is 3.27. The molecule has 2 aromatic rings. The molecule has 0 aliphatic carbocycles. The lowest BCUT2D eigenvalue weighted by molar-refractivity contribution is 0.0959. The number of hydrogen-bond donors (Lipinski definition) is 1. The maximum Gasteiger partial charge on any atom is 0.281 e. The van der Waals surface area contributed by atoms with Crippen LogP contribution in [0.3, 0.4) is 0 Å². The number of thiophene rings is 1. The number of nitrogens with one attached hydrogen (secondary N) is 1. The van der Waals surface area contributed by atoms with E-state index in [0.717, 1.165) is 11.5 Å². The van der Waals surface area contributed by atoms with Gasteiger partial charge in [0.1, 0.15) is 17.2 Å². The van der Waals surface area contributed by atoms with Crippen molar-refractivity contribution >= 4 is 23.0 Å². The molecule has 0 aromatic carbocycles. The van der Waals surface area contributed by atoms with Crippen LogP contribution < -0.4 is 5.43 Å². The fourth-order valence-electron chi connectivity index (χ4n) is 1.48. The second-order valence-electron chi connectivity index (χ2n) is 3.74. The molecule has 0 aliphatic heterocycles. The number of rotatable bonds is 4. The highest BCUT2D eigenvalue weighted by Gasteiger charge is 2.08. The van der Waals surface area contributed by atoms with Crippen molar-refractivity contribution in [3.05, 3.63) is 46.0 Å². The molecular weight excluding hydrogens is 248 g/mol. The minimum absolute atomic E-state index is 0.195. The van der Waals surface area contributed by atoms with E-state index in [9.17, 15) is 4.79 Å². The minimum atomic E-state index is -0.195. The monoisotopic (exact) mass is 262 g/mol. The first kappa shape index (κ1) is 12.6. The average Bonchev–Trinajstić information content (AvgIpc) is 3.01. The van der Waals surface area contributed by atoms with Crippen LogP contribution in [0, 0.1) is 6.92 Å². The van der Waals surface area contributed by atoms with E-state index in [-0.39, 0.29) is 5.91 Å². The largest absolute Gasteiger partial charge is 0.460 e.